The van der Waals surface area contributed by atoms with E-state index in [0.717, 1.165) is 22.7 Å². The Bertz CT molecular complexity index is 995. The van der Waals surface area contributed by atoms with Gasteiger partial charge in [0.1, 0.15) is 11.8 Å². The van der Waals surface area contributed by atoms with Gasteiger partial charge in [-0.05, 0) is 49.4 Å². The van der Waals surface area contributed by atoms with E-state index in [9.17, 15) is 26.4 Å². The van der Waals surface area contributed by atoms with E-state index >= 15 is 0 Å². The zero-order valence-electron chi connectivity index (χ0n) is 15.6. The van der Waals surface area contributed by atoms with Gasteiger partial charge in [0.2, 0.25) is 15.9 Å². The normalized spacial score (nSPS) is 12.9. The summed E-state index contributed by atoms with van der Waals surface area (Å²) in [5.41, 5.74) is -1.09. The summed E-state index contributed by atoms with van der Waals surface area (Å²) in [6, 6.07) is 7.12. The van der Waals surface area contributed by atoms with Gasteiger partial charge in [0.05, 0.1) is 35.3 Å². The minimum absolute atomic E-state index is 0.117. The van der Waals surface area contributed by atoms with Crippen molar-refractivity contribution >= 4 is 38.9 Å². The molecule has 0 aliphatic rings. The molecule has 0 radical (unpaired) electrons. The fourth-order valence-electron chi connectivity index (χ4n) is 2.57. The lowest BCUT2D eigenvalue weighted by molar-refractivity contribution is -0.137. The summed E-state index contributed by atoms with van der Waals surface area (Å²) < 4.78 is 69.2. The van der Waals surface area contributed by atoms with Crippen LogP contribution in [0.25, 0.3) is 0 Å². The second-order valence-electron chi connectivity index (χ2n) is 6.11. The highest BCUT2D eigenvalue weighted by Gasteiger charge is 2.32. The number of carbonyl (C=O) groups is 1. The first-order valence-corrected chi connectivity index (χ1v) is 10.4. The number of hydrogen-bond acceptors (Lipinski definition) is 4. The van der Waals surface area contributed by atoms with E-state index in [0.29, 0.717) is 11.8 Å². The smallest absolute Gasteiger partial charge is 0.416 e. The van der Waals surface area contributed by atoms with Gasteiger partial charge in [0.25, 0.3) is 0 Å². The molecule has 2 aromatic rings. The van der Waals surface area contributed by atoms with Crippen LogP contribution in [0, 0.1) is 0 Å². The lowest BCUT2D eigenvalue weighted by atomic mass is 10.2. The fourth-order valence-corrected chi connectivity index (χ4v) is 3.91. The van der Waals surface area contributed by atoms with Crippen molar-refractivity contribution in [1.82, 2.24) is 0 Å². The van der Waals surface area contributed by atoms with Crippen LogP contribution < -0.4 is 14.4 Å². The number of sulfonamides is 1. The number of benzene rings is 2. The second kappa shape index (κ2) is 8.50. The van der Waals surface area contributed by atoms with E-state index in [1.165, 1.54) is 38.3 Å². The van der Waals surface area contributed by atoms with Crippen LogP contribution in [0.1, 0.15) is 12.5 Å². The molecule has 0 spiro atoms. The number of alkyl halides is 3. The van der Waals surface area contributed by atoms with E-state index in [2.05, 4.69) is 5.32 Å². The van der Waals surface area contributed by atoms with Gasteiger partial charge in [-0.25, -0.2) is 8.42 Å². The summed E-state index contributed by atoms with van der Waals surface area (Å²) in [6.45, 7) is 1.31. The fraction of sp³-hybridized carbons (Fsp3) is 0.278. The van der Waals surface area contributed by atoms with Gasteiger partial charge in [-0.2, -0.15) is 13.2 Å². The van der Waals surface area contributed by atoms with E-state index in [4.69, 9.17) is 16.3 Å². The van der Waals surface area contributed by atoms with Crippen LogP contribution >= 0.6 is 11.6 Å². The standard InChI is InChI=1S/C18H18ClF3N2O4S/c1-11(24(29(3,26)27)13-5-7-14(28-2)8-6-13)17(25)23-16-10-12(18(20,21)22)4-9-15(16)19/h4-11H,1-3H3,(H,23,25)/t11-/m1/s1. The van der Waals surface area contributed by atoms with Crippen LogP contribution in [0.15, 0.2) is 42.5 Å². The van der Waals surface area contributed by atoms with Gasteiger partial charge in [-0.3, -0.25) is 9.10 Å². The number of halogens is 4. The van der Waals surface area contributed by atoms with Gasteiger partial charge < -0.3 is 10.1 Å². The average molecular weight is 451 g/mol. The minimum Gasteiger partial charge on any atom is -0.497 e. The molecule has 11 heteroatoms. The molecule has 1 atom stereocenters. The van der Waals surface area contributed by atoms with Crippen molar-refractivity contribution in [2.45, 2.75) is 19.1 Å². The molecule has 2 aromatic carbocycles. The SMILES string of the molecule is COc1ccc(N([C@H](C)C(=O)Nc2cc(C(F)(F)F)ccc2Cl)S(C)(=O)=O)cc1. The Hall–Kier alpha value is -2.46. The lowest BCUT2D eigenvalue weighted by Crippen LogP contribution is -2.45. The summed E-state index contributed by atoms with van der Waals surface area (Å²) in [5, 5.41) is 2.15. The third-order valence-electron chi connectivity index (χ3n) is 3.97. The van der Waals surface area contributed by atoms with Crippen molar-refractivity contribution in [3.8, 4) is 5.75 Å². The van der Waals surface area contributed by atoms with Crippen LogP contribution in [0.5, 0.6) is 5.75 Å². The van der Waals surface area contributed by atoms with Crippen molar-refractivity contribution in [3.05, 3.63) is 53.1 Å². The number of nitrogens with zero attached hydrogens (tertiary/aromatic N) is 1. The minimum atomic E-state index is -4.63. The highest BCUT2D eigenvalue weighted by atomic mass is 35.5. The molecule has 0 unspecified atom stereocenters. The van der Waals surface area contributed by atoms with E-state index in [-0.39, 0.29) is 16.4 Å². The summed E-state index contributed by atoms with van der Waals surface area (Å²) in [5.74, 6) is -0.373. The molecule has 0 saturated heterocycles. The maximum atomic E-state index is 12.9. The van der Waals surface area contributed by atoms with E-state index in [1.54, 1.807) is 0 Å². The number of nitrogens with one attached hydrogen (secondary N) is 1. The Balaban J connectivity index is 2.35. The highest BCUT2D eigenvalue weighted by molar-refractivity contribution is 7.92. The monoisotopic (exact) mass is 450 g/mol. The predicted octanol–water partition coefficient (Wildman–Crippen LogP) is 4.16. The zero-order chi connectivity index (χ0) is 22.0. The van der Waals surface area contributed by atoms with Crippen LogP contribution in [-0.4, -0.2) is 33.7 Å². The third-order valence-corrected chi connectivity index (χ3v) is 5.54. The number of amides is 1. The average Bonchev–Trinajstić information content (AvgIpc) is 2.62. The van der Waals surface area contributed by atoms with Crippen molar-refractivity contribution in [3.63, 3.8) is 0 Å². The maximum absolute atomic E-state index is 12.9. The molecule has 158 valence electrons. The number of anilines is 2. The van der Waals surface area contributed by atoms with Crippen LogP contribution in [-0.2, 0) is 21.0 Å². The molecular formula is C18H18ClF3N2O4S. The van der Waals surface area contributed by atoms with Crippen LogP contribution in [0.2, 0.25) is 5.02 Å². The Kier molecular flexibility index (Phi) is 6.69. The molecule has 0 heterocycles. The molecule has 6 nitrogen and oxygen atoms in total. The first-order chi connectivity index (χ1) is 13.3. The van der Waals surface area contributed by atoms with Gasteiger partial charge in [0, 0.05) is 0 Å². The van der Waals surface area contributed by atoms with Gasteiger partial charge in [-0.1, -0.05) is 11.6 Å². The predicted molar refractivity (Wildman–Crippen MR) is 105 cm³/mol. The number of carbonyl (C=O) groups excluding carboxylic acids is 1. The first-order valence-electron chi connectivity index (χ1n) is 8.15. The maximum Gasteiger partial charge on any atom is 0.416 e. The molecule has 1 amide bonds. The molecule has 0 aromatic heterocycles. The summed E-state index contributed by atoms with van der Waals surface area (Å²) >= 11 is 5.89. The van der Waals surface area contributed by atoms with Crippen LogP contribution in [0.4, 0.5) is 24.5 Å². The molecule has 0 saturated carbocycles. The molecule has 1 N–H and O–H groups in total. The summed E-state index contributed by atoms with van der Waals surface area (Å²) in [6.07, 6.45) is -3.71. The number of ether oxygens (including phenoxy) is 1. The number of methoxy groups -OCH3 is 1. The highest BCUT2D eigenvalue weighted by Crippen LogP contribution is 2.34. The van der Waals surface area contributed by atoms with Crippen molar-refractivity contribution in [2.24, 2.45) is 0 Å². The first kappa shape index (κ1) is 22.8. The molecular weight excluding hydrogens is 433 g/mol. The van der Waals surface area contributed by atoms with Crippen LogP contribution in [0.3, 0.4) is 0 Å². The number of rotatable bonds is 6. The Morgan fingerprint density at radius 2 is 1.76 bits per heavy atom. The van der Waals surface area contributed by atoms with Gasteiger partial charge in [-0.15, -0.1) is 0 Å². The van der Waals surface area contributed by atoms with E-state index in [1.807, 2.05) is 0 Å². The largest absolute Gasteiger partial charge is 0.497 e. The van der Waals surface area contributed by atoms with Crippen molar-refractivity contribution in [1.29, 1.82) is 0 Å². The van der Waals surface area contributed by atoms with Gasteiger partial charge >= 0.3 is 6.18 Å². The zero-order valence-corrected chi connectivity index (χ0v) is 17.2. The Labute approximate surface area is 171 Å². The topological polar surface area (TPSA) is 75.7 Å². The Morgan fingerprint density at radius 1 is 1.17 bits per heavy atom. The molecule has 0 bridgehead atoms. The van der Waals surface area contributed by atoms with Crippen molar-refractivity contribution in [2.75, 3.05) is 23.0 Å². The van der Waals surface area contributed by atoms with Gasteiger partial charge in [0.15, 0.2) is 0 Å². The molecule has 2 rings (SSSR count). The lowest BCUT2D eigenvalue weighted by Gasteiger charge is -2.28. The molecule has 29 heavy (non-hydrogen) atoms. The quantitative estimate of drug-likeness (QED) is 0.717. The third kappa shape index (κ3) is 5.54. The van der Waals surface area contributed by atoms with Crippen molar-refractivity contribution < 1.29 is 31.1 Å². The molecule has 0 fully saturated rings. The summed E-state index contributed by atoms with van der Waals surface area (Å²) in [7, 11) is -2.45. The Morgan fingerprint density at radius 3 is 2.24 bits per heavy atom. The van der Waals surface area contributed by atoms with E-state index < -0.39 is 33.7 Å². The second-order valence-corrected chi connectivity index (χ2v) is 8.38. The number of hydrogen-bond donors (Lipinski definition) is 1. The molecule has 0 aliphatic heterocycles. The molecule has 0 aliphatic carbocycles. The summed E-state index contributed by atoms with van der Waals surface area (Å²) in [4.78, 5) is 12.6.